The predicted molar refractivity (Wildman–Crippen MR) is 64.5 cm³/mol. The number of nitrogens with zero attached hydrogens (tertiary/aromatic N) is 1. The van der Waals surface area contributed by atoms with Crippen molar-refractivity contribution in [2.45, 2.75) is 18.9 Å². The van der Waals surface area contributed by atoms with Gasteiger partial charge in [-0.25, -0.2) is 4.79 Å². The van der Waals surface area contributed by atoms with Gasteiger partial charge in [0.25, 0.3) is 0 Å². The molecule has 5 nitrogen and oxygen atoms in total. The van der Waals surface area contributed by atoms with E-state index in [1.165, 1.54) is 7.11 Å². The van der Waals surface area contributed by atoms with Crippen LogP contribution < -0.4 is 5.32 Å². The van der Waals surface area contributed by atoms with Crippen molar-refractivity contribution in [3.63, 3.8) is 0 Å². The molecule has 1 atom stereocenters. The number of nitriles is 1. The van der Waals surface area contributed by atoms with Crippen LogP contribution in [0.5, 0.6) is 0 Å². The van der Waals surface area contributed by atoms with Crippen molar-refractivity contribution in [2.75, 3.05) is 7.11 Å². The molecule has 18 heavy (non-hydrogen) atoms. The van der Waals surface area contributed by atoms with E-state index in [4.69, 9.17) is 5.26 Å². The molecule has 1 rings (SSSR count). The third-order valence-corrected chi connectivity index (χ3v) is 2.65. The van der Waals surface area contributed by atoms with Gasteiger partial charge in [-0.3, -0.25) is 4.79 Å². The minimum absolute atomic E-state index is 0.296. The molecule has 0 aromatic heterocycles. The summed E-state index contributed by atoms with van der Waals surface area (Å²) in [6.07, 6.45) is 0.769. The van der Waals surface area contributed by atoms with Gasteiger partial charge in [-0.1, -0.05) is 12.1 Å². The molecule has 94 valence electrons. The summed E-state index contributed by atoms with van der Waals surface area (Å²) < 4.78 is 4.67. The summed E-state index contributed by atoms with van der Waals surface area (Å²) in [7, 11) is 1.27. The Balaban J connectivity index is 2.92. The van der Waals surface area contributed by atoms with Gasteiger partial charge in [0.2, 0.25) is 6.41 Å². The maximum Gasteiger partial charge on any atom is 0.331 e. The van der Waals surface area contributed by atoms with Crippen LogP contribution in [0.2, 0.25) is 0 Å². The highest BCUT2D eigenvalue weighted by Gasteiger charge is 2.34. The van der Waals surface area contributed by atoms with E-state index in [0.717, 1.165) is 5.56 Å². The minimum atomic E-state index is -1.11. The van der Waals surface area contributed by atoms with Crippen LogP contribution in [0.1, 0.15) is 18.1 Å². The summed E-state index contributed by atoms with van der Waals surface area (Å²) in [6, 6.07) is 8.82. The first-order valence-corrected chi connectivity index (χ1v) is 5.34. The highest BCUT2D eigenvalue weighted by molar-refractivity contribution is 5.83. The zero-order chi connectivity index (χ0) is 13.6. The number of hydrogen-bond donors (Lipinski definition) is 1. The maximum absolute atomic E-state index is 11.7. The average molecular weight is 246 g/mol. The number of methoxy groups -OCH3 is 1. The van der Waals surface area contributed by atoms with Crippen LogP contribution in [-0.4, -0.2) is 25.0 Å². The largest absolute Gasteiger partial charge is 0.467 e. The van der Waals surface area contributed by atoms with E-state index in [1.807, 2.05) is 6.07 Å². The molecule has 0 spiro atoms. The number of carbonyl (C=O) groups is 2. The minimum Gasteiger partial charge on any atom is -0.467 e. The Kier molecular flexibility index (Phi) is 4.44. The number of benzene rings is 1. The molecule has 1 aromatic rings. The monoisotopic (exact) mass is 246 g/mol. The molecule has 0 fully saturated rings. The first kappa shape index (κ1) is 13.7. The zero-order valence-corrected chi connectivity index (χ0v) is 10.3. The summed E-state index contributed by atoms with van der Waals surface area (Å²) in [5, 5.41) is 11.2. The van der Waals surface area contributed by atoms with Crippen molar-refractivity contribution in [1.29, 1.82) is 5.26 Å². The van der Waals surface area contributed by atoms with Crippen molar-refractivity contribution in [3.05, 3.63) is 35.4 Å². The van der Waals surface area contributed by atoms with Crippen LogP contribution >= 0.6 is 0 Å². The molecule has 0 aliphatic heterocycles. The van der Waals surface area contributed by atoms with Gasteiger partial charge in [-0.05, 0) is 24.6 Å². The first-order valence-electron chi connectivity index (χ1n) is 5.34. The van der Waals surface area contributed by atoms with Crippen LogP contribution in [0.25, 0.3) is 0 Å². The summed E-state index contributed by atoms with van der Waals surface area (Å²) in [4.78, 5) is 22.2. The van der Waals surface area contributed by atoms with Gasteiger partial charge in [-0.15, -0.1) is 0 Å². The topological polar surface area (TPSA) is 79.2 Å². The fourth-order valence-electron chi connectivity index (χ4n) is 1.64. The van der Waals surface area contributed by atoms with Gasteiger partial charge < -0.3 is 10.1 Å². The van der Waals surface area contributed by atoms with Gasteiger partial charge in [0.15, 0.2) is 0 Å². The molecule has 1 amide bonds. The molecule has 1 aromatic carbocycles. The van der Waals surface area contributed by atoms with Crippen molar-refractivity contribution >= 4 is 12.4 Å². The third kappa shape index (κ3) is 3.08. The highest BCUT2D eigenvalue weighted by Crippen LogP contribution is 2.15. The van der Waals surface area contributed by atoms with Crippen molar-refractivity contribution in [1.82, 2.24) is 5.32 Å². The molecule has 0 aliphatic carbocycles. The van der Waals surface area contributed by atoms with Crippen LogP contribution in [-0.2, 0) is 20.7 Å². The third-order valence-electron chi connectivity index (χ3n) is 2.65. The van der Waals surface area contributed by atoms with E-state index >= 15 is 0 Å². The van der Waals surface area contributed by atoms with E-state index in [-0.39, 0.29) is 0 Å². The summed E-state index contributed by atoms with van der Waals surface area (Å²) >= 11 is 0. The second-order valence-electron chi connectivity index (χ2n) is 4.07. The summed E-state index contributed by atoms with van der Waals surface area (Å²) in [5.74, 6) is -0.515. The lowest BCUT2D eigenvalue weighted by atomic mass is 9.92. The molecule has 0 saturated carbocycles. The molecule has 1 N–H and O–H groups in total. The molecular formula is C13H14N2O3. The van der Waals surface area contributed by atoms with Gasteiger partial charge in [0.05, 0.1) is 18.7 Å². The van der Waals surface area contributed by atoms with Gasteiger partial charge >= 0.3 is 5.97 Å². The van der Waals surface area contributed by atoms with Crippen LogP contribution in [0, 0.1) is 11.3 Å². The van der Waals surface area contributed by atoms with Gasteiger partial charge in [0, 0.05) is 6.42 Å². The molecule has 0 heterocycles. The highest BCUT2D eigenvalue weighted by atomic mass is 16.5. The lowest BCUT2D eigenvalue weighted by Crippen LogP contribution is -2.51. The Hall–Kier alpha value is -2.35. The summed E-state index contributed by atoms with van der Waals surface area (Å²) in [6.45, 7) is 1.59. The zero-order valence-electron chi connectivity index (χ0n) is 10.3. The summed E-state index contributed by atoms with van der Waals surface area (Å²) in [5.41, 5.74) is 0.267. The second kappa shape index (κ2) is 5.82. The standard InChI is InChI=1S/C13H14N2O3/c1-13(15-9-16,12(17)18-2)7-10-3-5-11(8-14)6-4-10/h3-6,9H,7H2,1-2H3,(H,15,16)/t13-/m1/s1. The number of carbonyl (C=O) groups excluding carboxylic acids is 2. The number of nitrogens with one attached hydrogen (secondary N) is 1. The average Bonchev–Trinajstić information content (AvgIpc) is 2.39. The van der Waals surface area contributed by atoms with E-state index in [9.17, 15) is 9.59 Å². The van der Waals surface area contributed by atoms with E-state index in [1.54, 1.807) is 31.2 Å². The normalized spacial score (nSPS) is 12.9. The number of esters is 1. The Morgan fingerprint density at radius 1 is 1.50 bits per heavy atom. The Morgan fingerprint density at radius 2 is 2.11 bits per heavy atom. The SMILES string of the molecule is COC(=O)[C@@](C)(Cc1ccc(C#N)cc1)NC=O. The smallest absolute Gasteiger partial charge is 0.331 e. The van der Waals surface area contributed by atoms with Gasteiger partial charge in [-0.2, -0.15) is 5.26 Å². The first-order chi connectivity index (χ1) is 8.55. The Labute approximate surface area is 105 Å². The fourth-order valence-corrected chi connectivity index (χ4v) is 1.64. The van der Waals surface area contributed by atoms with Crippen molar-refractivity contribution < 1.29 is 14.3 Å². The molecular weight excluding hydrogens is 232 g/mol. The number of ether oxygens (including phenoxy) is 1. The molecule has 0 bridgehead atoms. The van der Waals surface area contributed by atoms with E-state index in [0.29, 0.717) is 18.4 Å². The molecule has 0 unspecified atom stereocenters. The second-order valence-corrected chi connectivity index (χ2v) is 4.07. The fraction of sp³-hybridized carbons (Fsp3) is 0.308. The van der Waals surface area contributed by atoms with E-state index in [2.05, 4.69) is 10.1 Å². The van der Waals surface area contributed by atoms with Gasteiger partial charge in [0.1, 0.15) is 5.54 Å². The molecule has 5 heteroatoms. The Bertz CT molecular complexity index is 476. The predicted octanol–water partition coefficient (Wildman–Crippen LogP) is 0.778. The van der Waals surface area contributed by atoms with Crippen molar-refractivity contribution in [3.8, 4) is 6.07 Å². The van der Waals surface area contributed by atoms with Crippen LogP contribution in [0.4, 0.5) is 0 Å². The van der Waals surface area contributed by atoms with Crippen LogP contribution in [0.15, 0.2) is 24.3 Å². The number of rotatable bonds is 5. The molecule has 0 radical (unpaired) electrons. The number of hydrogen-bond acceptors (Lipinski definition) is 4. The Morgan fingerprint density at radius 3 is 2.56 bits per heavy atom. The molecule has 0 saturated heterocycles. The lowest BCUT2D eigenvalue weighted by Gasteiger charge is -2.25. The lowest BCUT2D eigenvalue weighted by molar-refractivity contribution is -0.148. The maximum atomic E-state index is 11.7. The number of amides is 1. The van der Waals surface area contributed by atoms with E-state index < -0.39 is 11.5 Å². The molecule has 0 aliphatic rings. The van der Waals surface area contributed by atoms with Crippen LogP contribution in [0.3, 0.4) is 0 Å². The van der Waals surface area contributed by atoms with Crippen molar-refractivity contribution in [2.24, 2.45) is 0 Å². The quantitative estimate of drug-likeness (QED) is 0.615.